The van der Waals surface area contributed by atoms with Gasteiger partial charge in [0.25, 0.3) is 5.91 Å². The van der Waals surface area contributed by atoms with Crippen LogP contribution >= 0.6 is 11.6 Å². The Morgan fingerprint density at radius 1 is 1.33 bits per heavy atom. The number of carbonyl (C=O) groups is 1. The van der Waals surface area contributed by atoms with Crippen LogP contribution in [-0.2, 0) is 13.2 Å². The number of hydrogen-bond donors (Lipinski definition) is 0. The first-order chi connectivity index (χ1) is 13.0. The van der Waals surface area contributed by atoms with Crippen LogP contribution in [0.5, 0.6) is 0 Å². The van der Waals surface area contributed by atoms with Gasteiger partial charge in [0.05, 0.1) is 18.8 Å². The summed E-state index contributed by atoms with van der Waals surface area (Å²) in [5.41, 5.74) is 3.64. The molecule has 138 valence electrons. The van der Waals surface area contributed by atoms with Gasteiger partial charge in [0.15, 0.2) is 5.82 Å². The van der Waals surface area contributed by atoms with Gasteiger partial charge in [-0.05, 0) is 37.1 Å². The molecule has 1 unspecified atom stereocenters. The maximum absolute atomic E-state index is 12.8. The highest BCUT2D eigenvalue weighted by molar-refractivity contribution is 6.30. The number of carbonyl (C=O) groups excluding carboxylic acids is 1. The number of aromatic nitrogens is 4. The van der Waals surface area contributed by atoms with Gasteiger partial charge in [-0.2, -0.15) is 5.10 Å². The summed E-state index contributed by atoms with van der Waals surface area (Å²) in [5, 5.41) is 4.51. The fourth-order valence-electron chi connectivity index (χ4n) is 3.31. The van der Waals surface area contributed by atoms with Crippen molar-refractivity contribution in [3.63, 3.8) is 0 Å². The number of amides is 1. The zero-order valence-corrected chi connectivity index (χ0v) is 15.6. The van der Waals surface area contributed by atoms with E-state index in [1.165, 1.54) is 6.20 Å². The van der Waals surface area contributed by atoms with E-state index in [2.05, 4.69) is 15.1 Å². The lowest BCUT2D eigenvalue weighted by atomic mass is 10.1. The molecule has 0 bridgehead atoms. The van der Waals surface area contributed by atoms with Gasteiger partial charge in [-0.1, -0.05) is 11.6 Å². The van der Waals surface area contributed by atoms with Gasteiger partial charge in [-0.15, -0.1) is 0 Å². The van der Waals surface area contributed by atoms with Crippen LogP contribution < -0.4 is 0 Å². The number of hydrogen-bond acceptors (Lipinski definition) is 4. The highest BCUT2D eigenvalue weighted by atomic mass is 35.5. The van der Waals surface area contributed by atoms with E-state index in [0.29, 0.717) is 28.6 Å². The Bertz CT molecular complexity index is 1030. The van der Waals surface area contributed by atoms with Gasteiger partial charge >= 0.3 is 0 Å². The van der Waals surface area contributed by atoms with E-state index in [9.17, 15) is 9.18 Å². The number of alkyl halides is 1. The third-order valence-electron chi connectivity index (χ3n) is 4.85. The Morgan fingerprint density at radius 3 is 2.81 bits per heavy atom. The number of nitrogens with zero attached hydrogens (tertiary/aromatic N) is 5. The molecule has 0 fully saturated rings. The first-order valence-corrected chi connectivity index (χ1v) is 8.88. The first kappa shape index (κ1) is 17.6. The first-order valence-electron chi connectivity index (χ1n) is 8.50. The minimum Gasteiger partial charge on any atom is -0.327 e. The van der Waals surface area contributed by atoms with Gasteiger partial charge in [0, 0.05) is 35.3 Å². The predicted octanol–water partition coefficient (Wildman–Crippen LogP) is 3.81. The molecule has 4 heterocycles. The van der Waals surface area contributed by atoms with Crippen LogP contribution in [0.15, 0.2) is 36.9 Å². The van der Waals surface area contributed by atoms with E-state index in [-0.39, 0.29) is 11.9 Å². The van der Waals surface area contributed by atoms with Gasteiger partial charge in [-0.25, -0.2) is 19.0 Å². The van der Waals surface area contributed by atoms with Crippen molar-refractivity contribution in [1.82, 2.24) is 24.6 Å². The summed E-state index contributed by atoms with van der Waals surface area (Å²) in [6.45, 7) is 3.72. The predicted molar refractivity (Wildman–Crippen MR) is 98.4 cm³/mol. The number of fused-ring (bicyclic) bond motifs is 1. The maximum atomic E-state index is 12.8. The Labute approximate surface area is 160 Å². The molecule has 1 amide bonds. The largest absolute Gasteiger partial charge is 0.327 e. The molecule has 3 aromatic rings. The topological polar surface area (TPSA) is 63.9 Å². The van der Waals surface area contributed by atoms with Crippen molar-refractivity contribution < 1.29 is 9.18 Å². The SMILES string of the molecule is Cc1cc(C(C)N2Cc3c(ccnc3Cl)C2=O)cnc1-n1cc(CF)cn1. The van der Waals surface area contributed by atoms with E-state index in [0.717, 1.165) is 16.7 Å². The van der Waals surface area contributed by atoms with E-state index >= 15 is 0 Å². The van der Waals surface area contributed by atoms with Crippen LogP contribution in [0.1, 0.15) is 45.6 Å². The third kappa shape index (κ3) is 2.98. The van der Waals surface area contributed by atoms with Crippen molar-refractivity contribution in [2.24, 2.45) is 0 Å². The monoisotopic (exact) mass is 385 g/mol. The molecule has 0 N–H and O–H groups in total. The standard InChI is InChI=1S/C19H17ClFN5O/c1-11-5-14(8-23-18(11)26-9-13(6-21)7-24-26)12(2)25-10-16-15(19(25)27)3-4-22-17(16)20/h3-5,7-9,12H,6,10H2,1-2H3. The van der Waals surface area contributed by atoms with Crippen molar-refractivity contribution in [3.8, 4) is 5.82 Å². The van der Waals surface area contributed by atoms with Crippen LogP contribution in [0.25, 0.3) is 5.82 Å². The molecule has 0 aliphatic carbocycles. The quantitative estimate of drug-likeness (QED) is 0.640. The van der Waals surface area contributed by atoms with E-state index in [1.54, 1.807) is 34.2 Å². The summed E-state index contributed by atoms with van der Waals surface area (Å²) >= 11 is 6.14. The second-order valence-electron chi connectivity index (χ2n) is 6.57. The van der Waals surface area contributed by atoms with Crippen LogP contribution in [0.3, 0.4) is 0 Å². The summed E-state index contributed by atoms with van der Waals surface area (Å²) in [7, 11) is 0. The average molecular weight is 386 g/mol. The van der Waals surface area contributed by atoms with Gasteiger partial charge < -0.3 is 4.90 Å². The summed E-state index contributed by atoms with van der Waals surface area (Å²) in [4.78, 5) is 23.0. The molecule has 1 aliphatic heterocycles. The van der Waals surface area contributed by atoms with Crippen molar-refractivity contribution in [2.45, 2.75) is 33.1 Å². The Morgan fingerprint density at radius 2 is 2.15 bits per heavy atom. The fraction of sp³-hybridized carbons (Fsp3) is 0.263. The Kier molecular flexibility index (Phi) is 4.39. The van der Waals surface area contributed by atoms with Crippen LogP contribution in [0.2, 0.25) is 5.15 Å². The number of halogens is 2. The third-order valence-corrected chi connectivity index (χ3v) is 5.18. The van der Waals surface area contributed by atoms with Gasteiger partial charge in [0.2, 0.25) is 0 Å². The van der Waals surface area contributed by atoms with Crippen molar-refractivity contribution in [3.05, 3.63) is 69.9 Å². The molecular formula is C19H17ClFN5O. The minimum absolute atomic E-state index is 0.0665. The smallest absolute Gasteiger partial charge is 0.255 e. The highest BCUT2D eigenvalue weighted by Crippen LogP contribution is 2.34. The minimum atomic E-state index is -0.566. The number of aryl methyl sites for hydroxylation is 1. The van der Waals surface area contributed by atoms with Crippen LogP contribution in [-0.4, -0.2) is 30.6 Å². The zero-order chi connectivity index (χ0) is 19.1. The second-order valence-corrected chi connectivity index (χ2v) is 6.93. The normalized spacial score (nSPS) is 14.5. The molecule has 8 heteroatoms. The number of pyridine rings is 2. The second kappa shape index (κ2) is 6.74. The van der Waals surface area contributed by atoms with Crippen molar-refractivity contribution in [2.75, 3.05) is 0 Å². The molecule has 1 aliphatic rings. The molecule has 4 rings (SSSR count). The van der Waals surface area contributed by atoms with E-state index < -0.39 is 6.67 Å². The molecule has 0 spiro atoms. The summed E-state index contributed by atoms with van der Waals surface area (Å²) in [6, 6.07) is 3.49. The Hall–Kier alpha value is -2.80. The summed E-state index contributed by atoms with van der Waals surface area (Å²) < 4.78 is 14.3. The molecule has 1 atom stereocenters. The summed E-state index contributed by atoms with van der Waals surface area (Å²) in [6.07, 6.45) is 6.37. The van der Waals surface area contributed by atoms with Crippen LogP contribution in [0, 0.1) is 6.92 Å². The lowest BCUT2D eigenvalue weighted by molar-refractivity contribution is 0.0715. The van der Waals surface area contributed by atoms with E-state index in [1.807, 2.05) is 19.9 Å². The molecule has 3 aromatic heterocycles. The lowest BCUT2D eigenvalue weighted by Crippen LogP contribution is -2.27. The molecule has 0 aromatic carbocycles. The fourth-order valence-corrected chi connectivity index (χ4v) is 3.53. The zero-order valence-electron chi connectivity index (χ0n) is 14.9. The molecule has 27 heavy (non-hydrogen) atoms. The van der Waals surface area contributed by atoms with E-state index in [4.69, 9.17) is 11.6 Å². The number of rotatable bonds is 4. The van der Waals surface area contributed by atoms with Gasteiger partial charge in [-0.3, -0.25) is 4.79 Å². The molecule has 0 saturated carbocycles. The maximum Gasteiger partial charge on any atom is 0.255 e. The highest BCUT2D eigenvalue weighted by Gasteiger charge is 2.33. The molecular weight excluding hydrogens is 369 g/mol. The molecule has 0 radical (unpaired) electrons. The Balaban J connectivity index is 1.62. The summed E-state index contributed by atoms with van der Waals surface area (Å²) in [5.74, 6) is 0.567. The molecule has 0 saturated heterocycles. The van der Waals surface area contributed by atoms with Gasteiger partial charge in [0.1, 0.15) is 11.8 Å². The average Bonchev–Trinajstić information content (AvgIpc) is 3.27. The van der Waals surface area contributed by atoms with Crippen LogP contribution in [0.4, 0.5) is 4.39 Å². The lowest BCUT2D eigenvalue weighted by Gasteiger charge is -2.25. The van der Waals surface area contributed by atoms with Crippen molar-refractivity contribution >= 4 is 17.5 Å². The molecule has 6 nitrogen and oxygen atoms in total. The van der Waals surface area contributed by atoms with Crippen molar-refractivity contribution in [1.29, 1.82) is 0 Å².